The van der Waals surface area contributed by atoms with Gasteiger partial charge in [0, 0.05) is 25.7 Å². The van der Waals surface area contributed by atoms with Crippen LogP contribution in [0.4, 0.5) is 4.79 Å². The van der Waals surface area contributed by atoms with Crippen LogP contribution in [0.5, 0.6) is 5.75 Å². The molecule has 122 valence electrons. The van der Waals surface area contributed by atoms with Crippen LogP contribution in [-0.2, 0) is 11.2 Å². The van der Waals surface area contributed by atoms with Gasteiger partial charge in [-0.25, -0.2) is 4.79 Å². The zero-order valence-corrected chi connectivity index (χ0v) is 13.9. The molecule has 1 amide bonds. The van der Waals surface area contributed by atoms with E-state index in [-0.39, 0.29) is 12.1 Å². The van der Waals surface area contributed by atoms with E-state index in [4.69, 9.17) is 9.47 Å². The van der Waals surface area contributed by atoms with Gasteiger partial charge in [0.05, 0.1) is 7.11 Å². The van der Waals surface area contributed by atoms with Crippen LogP contribution in [0.2, 0.25) is 0 Å². The molecule has 1 aliphatic rings. The third-order valence-electron chi connectivity index (χ3n) is 3.57. The van der Waals surface area contributed by atoms with Crippen molar-refractivity contribution >= 4 is 6.09 Å². The normalized spacial score (nSPS) is 18.9. The van der Waals surface area contributed by atoms with Gasteiger partial charge in [-0.3, -0.25) is 0 Å². The van der Waals surface area contributed by atoms with Crippen LogP contribution in [0.1, 0.15) is 26.3 Å². The van der Waals surface area contributed by atoms with Crippen molar-refractivity contribution in [1.82, 2.24) is 10.2 Å². The predicted octanol–water partition coefficient (Wildman–Crippen LogP) is 2.45. The molecule has 0 radical (unpaired) electrons. The Hall–Kier alpha value is -1.75. The van der Waals surface area contributed by atoms with E-state index in [1.54, 1.807) is 12.0 Å². The lowest BCUT2D eigenvalue weighted by Crippen LogP contribution is -2.54. The number of benzene rings is 1. The zero-order valence-electron chi connectivity index (χ0n) is 13.9. The Bertz CT molecular complexity index is 511. The maximum absolute atomic E-state index is 12.2. The summed E-state index contributed by atoms with van der Waals surface area (Å²) in [5, 5.41) is 3.46. The number of nitrogens with one attached hydrogen (secondary N) is 1. The van der Waals surface area contributed by atoms with Gasteiger partial charge in [-0.05, 0) is 38.8 Å². The van der Waals surface area contributed by atoms with E-state index in [0.717, 1.165) is 24.3 Å². The molecule has 0 aromatic heterocycles. The van der Waals surface area contributed by atoms with E-state index in [1.807, 2.05) is 39.0 Å². The smallest absolute Gasteiger partial charge is 0.410 e. The number of amides is 1. The van der Waals surface area contributed by atoms with Crippen molar-refractivity contribution in [1.29, 1.82) is 0 Å². The SMILES string of the molecule is COc1ccccc1CC1CN(C(=O)OC(C)(C)C)CCN1. The van der Waals surface area contributed by atoms with E-state index in [0.29, 0.717) is 13.1 Å². The quantitative estimate of drug-likeness (QED) is 0.932. The first kappa shape index (κ1) is 16.6. The molecule has 22 heavy (non-hydrogen) atoms. The molecule has 2 rings (SSSR count). The van der Waals surface area contributed by atoms with E-state index in [9.17, 15) is 4.79 Å². The summed E-state index contributed by atoms with van der Waals surface area (Å²) in [4.78, 5) is 14.0. The fourth-order valence-electron chi connectivity index (χ4n) is 2.59. The molecule has 5 heteroatoms. The van der Waals surface area contributed by atoms with Crippen molar-refractivity contribution in [3.8, 4) is 5.75 Å². The first-order chi connectivity index (χ1) is 10.4. The molecule has 1 unspecified atom stereocenters. The minimum Gasteiger partial charge on any atom is -0.496 e. The van der Waals surface area contributed by atoms with Crippen LogP contribution in [0, 0.1) is 0 Å². The van der Waals surface area contributed by atoms with Gasteiger partial charge in [0.25, 0.3) is 0 Å². The average Bonchev–Trinajstić information content (AvgIpc) is 2.46. The van der Waals surface area contributed by atoms with E-state index >= 15 is 0 Å². The molecule has 0 saturated carbocycles. The fraction of sp³-hybridized carbons (Fsp3) is 0.588. The first-order valence-electron chi connectivity index (χ1n) is 7.72. The van der Waals surface area contributed by atoms with Crippen molar-refractivity contribution < 1.29 is 14.3 Å². The maximum atomic E-state index is 12.2. The van der Waals surface area contributed by atoms with Crippen molar-refractivity contribution in [2.75, 3.05) is 26.7 Å². The van der Waals surface area contributed by atoms with Crippen molar-refractivity contribution in [2.45, 2.75) is 38.8 Å². The highest BCUT2D eigenvalue weighted by atomic mass is 16.6. The number of para-hydroxylation sites is 1. The number of methoxy groups -OCH3 is 1. The summed E-state index contributed by atoms with van der Waals surface area (Å²) in [5.74, 6) is 0.888. The fourth-order valence-corrected chi connectivity index (χ4v) is 2.59. The first-order valence-corrected chi connectivity index (χ1v) is 7.72. The van der Waals surface area contributed by atoms with Crippen molar-refractivity contribution in [2.24, 2.45) is 0 Å². The minimum atomic E-state index is -0.458. The number of rotatable bonds is 3. The van der Waals surface area contributed by atoms with E-state index < -0.39 is 5.60 Å². The second-order valence-corrected chi connectivity index (χ2v) is 6.59. The molecule has 1 heterocycles. The standard InChI is InChI=1S/C17H26N2O3/c1-17(2,3)22-16(20)19-10-9-18-14(12-19)11-13-7-5-6-8-15(13)21-4/h5-8,14,18H,9-12H2,1-4H3. The average molecular weight is 306 g/mol. The van der Waals surface area contributed by atoms with Crippen molar-refractivity contribution in [3.05, 3.63) is 29.8 Å². The summed E-state index contributed by atoms with van der Waals surface area (Å²) < 4.78 is 10.8. The summed E-state index contributed by atoms with van der Waals surface area (Å²) in [6.07, 6.45) is 0.586. The monoisotopic (exact) mass is 306 g/mol. The molecule has 1 saturated heterocycles. The Balaban J connectivity index is 1.97. The molecule has 1 aromatic rings. The molecule has 0 aliphatic carbocycles. The largest absolute Gasteiger partial charge is 0.496 e. The number of nitrogens with zero attached hydrogens (tertiary/aromatic N) is 1. The van der Waals surface area contributed by atoms with Gasteiger partial charge in [0.1, 0.15) is 11.4 Å². The highest BCUT2D eigenvalue weighted by Crippen LogP contribution is 2.20. The minimum absolute atomic E-state index is 0.206. The number of piperazine rings is 1. The lowest BCUT2D eigenvalue weighted by atomic mass is 10.0. The molecule has 1 N–H and O–H groups in total. The van der Waals surface area contributed by atoms with Crippen LogP contribution in [0.25, 0.3) is 0 Å². The van der Waals surface area contributed by atoms with Gasteiger partial charge >= 0.3 is 6.09 Å². The van der Waals surface area contributed by atoms with Gasteiger partial charge in [-0.15, -0.1) is 0 Å². The van der Waals surface area contributed by atoms with Gasteiger partial charge in [-0.2, -0.15) is 0 Å². The van der Waals surface area contributed by atoms with Crippen LogP contribution in [0.15, 0.2) is 24.3 Å². The molecule has 1 aliphatic heterocycles. The summed E-state index contributed by atoms with van der Waals surface area (Å²) >= 11 is 0. The Kier molecular flexibility index (Phi) is 5.29. The van der Waals surface area contributed by atoms with Gasteiger partial charge in [0.2, 0.25) is 0 Å². The predicted molar refractivity (Wildman–Crippen MR) is 86.3 cm³/mol. The number of carbonyl (C=O) groups is 1. The molecule has 0 bridgehead atoms. The summed E-state index contributed by atoms with van der Waals surface area (Å²) in [6.45, 7) is 7.77. The Morgan fingerprint density at radius 2 is 2.09 bits per heavy atom. The van der Waals surface area contributed by atoms with Gasteiger partial charge < -0.3 is 19.7 Å². The number of carbonyl (C=O) groups excluding carboxylic acids is 1. The number of ether oxygens (including phenoxy) is 2. The maximum Gasteiger partial charge on any atom is 0.410 e. The van der Waals surface area contributed by atoms with Crippen LogP contribution in [0.3, 0.4) is 0 Å². The second-order valence-electron chi connectivity index (χ2n) is 6.59. The zero-order chi connectivity index (χ0) is 16.2. The molecule has 5 nitrogen and oxygen atoms in total. The van der Waals surface area contributed by atoms with E-state index in [1.165, 1.54) is 0 Å². The third kappa shape index (κ3) is 4.63. The molecule has 1 aromatic carbocycles. The van der Waals surface area contributed by atoms with Gasteiger partial charge in [0.15, 0.2) is 0 Å². The number of hydrogen-bond donors (Lipinski definition) is 1. The molecule has 1 fully saturated rings. The Morgan fingerprint density at radius 3 is 2.77 bits per heavy atom. The van der Waals surface area contributed by atoms with Gasteiger partial charge in [-0.1, -0.05) is 18.2 Å². The second kappa shape index (κ2) is 7.01. The summed E-state index contributed by atoms with van der Waals surface area (Å²) in [7, 11) is 1.68. The third-order valence-corrected chi connectivity index (χ3v) is 3.57. The van der Waals surface area contributed by atoms with E-state index in [2.05, 4.69) is 11.4 Å². The molecular weight excluding hydrogens is 280 g/mol. The molecule has 0 spiro atoms. The molecular formula is C17H26N2O3. The Morgan fingerprint density at radius 1 is 1.36 bits per heavy atom. The number of hydrogen-bond acceptors (Lipinski definition) is 4. The highest BCUT2D eigenvalue weighted by Gasteiger charge is 2.27. The van der Waals surface area contributed by atoms with Crippen molar-refractivity contribution in [3.63, 3.8) is 0 Å². The van der Waals surface area contributed by atoms with Crippen LogP contribution in [-0.4, -0.2) is 49.4 Å². The summed E-state index contributed by atoms with van der Waals surface area (Å²) in [5.41, 5.74) is 0.689. The topological polar surface area (TPSA) is 50.8 Å². The summed E-state index contributed by atoms with van der Waals surface area (Å²) in [6, 6.07) is 8.20. The lowest BCUT2D eigenvalue weighted by Gasteiger charge is -2.35. The van der Waals surface area contributed by atoms with Crippen LogP contribution >= 0.6 is 0 Å². The van der Waals surface area contributed by atoms with Crippen LogP contribution < -0.4 is 10.1 Å². The Labute approximate surface area is 132 Å². The lowest BCUT2D eigenvalue weighted by molar-refractivity contribution is 0.0195. The highest BCUT2D eigenvalue weighted by molar-refractivity contribution is 5.68. The molecule has 1 atom stereocenters.